The quantitative estimate of drug-likeness (QED) is 0.705. The smallest absolute Gasteiger partial charge is 0.242 e. The number of ether oxygens (including phenoxy) is 1. The van der Waals surface area contributed by atoms with E-state index in [0.29, 0.717) is 13.1 Å². The molecule has 6 heteroatoms. The van der Waals surface area contributed by atoms with E-state index in [-0.39, 0.29) is 30.5 Å². The molecule has 2 saturated heterocycles. The first-order chi connectivity index (χ1) is 9.22. The van der Waals surface area contributed by atoms with Crippen LogP contribution in [0.15, 0.2) is 0 Å². The van der Waals surface area contributed by atoms with Crippen molar-refractivity contribution in [3.8, 4) is 0 Å². The number of likely N-dealkylation sites (N-methyl/N-ethyl adjacent to an activating group) is 1. The number of carbonyl (C=O) groups excluding carboxylic acids is 2. The van der Waals surface area contributed by atoms with E-state index in [1.54, 1.807) is 11.9 Å². The van der Waals surface area contributed by atoms with Gasteiger partial charge in [-0.2, -0.15) is 0 Å². The Bertz CT molecular complexity index is 329. The van der Waals surface area contributed by atoms with Gasteiger partial charge in [-0.25, -0.2) is 0 Å². The molecule has 2 aliphatic heterocycles. The first-order valence-corrected chi connectivity index (χ1v) is 7.05. The van der Waals surface area contributed by atoms with Crippen molar-refractivity contribution in [3.63, 3.8) is 0 Å². The fourth-order valence-corrected chi connectivity index (χ4v) is 2.75. The van der Waals surface area contributed by atoms with Gasteiger partial charge in [0.05, 0.1) is 12.6 Å². The van der Waals surface area contributed by atoms with E-state index in [2.05, 4.69) is 10.6 Å². The Hall–Kier alpha value is -1.14. The second-order valence-corrected chi connectivity index (χ2v) is 5.13. The van der Waals surface area contributed by atoms with E-state index in [0.717, 1.165) is 32.3 Å². The molecule has 2 heterocycles. The molecule has 0 aromatic heterocycles. The average Bonchev–Trinajstić information content (AvgIpc) is 3.08. The van der Waals surface area contributed by atoms with Crippen LogP contribution < -0.4 is 10.6 Å². The van der Waals surface area contributed by atoms with E-state index >= 15 is 0 Å². The zero-order valence-corrected chi connectivity index (χ0v) is 11.5. The number of amides is 2. The van der Waals surface area contributed by atoms with Crippen molar-refractivity contribution in [2.45, 2.75) is 37.8 Å². The summed E-state index contributed by atoms with van der Waals surface area (Å²) in [5, 5.41) is 5.75. The van der Waals surface area contributed by atoms with Crippen molar-refractivity contribution in [1.29, 1.82) is 0 Å². The van der Waals surface area contributed by atoms with Crippen LogP contribution in [-0.2, 0) is 14.3 Å². The van der Waals surface area contributed by atoms with Crippen molar-refractivity contribution >= 4 is 11.8 Å². The van der Waals surface area contributed by atoms with Gasteiger partial charge in [-0.05, 0) is 25.7 Å². The molecule has 0 unspecified atom stereocenters. The maximum absolute atomic E-state index is 12.1. The van der Waals surface area contributed by atoms with Crippen LogP contribution in [0.2, 0.25) is 0 Å². The zero-order chi connectivity index (χ0) is 13.7. The Balaban J connectivity index is 1.73. The Morgan fingerprint density at radius 3 is 2.84 bits per heavy atom. The molecule has 2 fully saturated rings. The third-order valence-electron chi connectivity index (χ3n) is 3.79. The van der Waals surface area contributed by atoms with Gasteiger partial charge in [-0.15, -0.1) is 0 Å². The SMILES string of the molecule is CNC(=O)[C@@H]1CCCN1C(=O)CNC[C@@H]1CCCO1. The van der Waals surface area contributed by atoms with Crippen LogP contribution in [0.25, 0.3) is 0 Å². The maximum Gasteiger partial charge on any atom is 0.242 e. The number of likely N-dealkylation sites (tertiary alicyclic amines) is 1. The summed E-state index contributed by atoms with van der Waals surface area (Å²) in [6, 6.07) is -0.290. The van der Waals surface area contributed by atoms with Crippen molar-refractivity contribution < 1.29 is 14.3 Å². The number of nitrogens with zero attached hydrogens (tertiary/aromatic N) is 1. The van der Waals surface area contributed by atoms with Crippen LogP contribution in [0, 0.1) is 0 Å². The van der Waals surface area contributed by atoms with E-state index in [4.69, 9.17) is 4.74 Å². The lowest BCUT2D eigenvalue weighted by molar-refractivity contribution is -0.137. The highest BCUT2D eigenvalue weighted by Crippen LogP contribution is 2.17. The highest BCUT2D eigenvalue weighted by molar-refractivity contribution is 5.88. The fourth-order valence-electron chi connectivity index (χ4n) is 2.75. The minimum Gasteiger partial charge on any atom is -0.377 e. The molecule has 2 N–H and O–H groups in total. The van der Waals surface area contributed by atoms with Gasteiger partial charge >= 0.3 is 0 Å². The number of rotatable bonds is 5. The summed E-state index contributed by atoms with van der Waals surface area (Å²) >= 11 is 0. The molecule has 2 rings (SSSR count). The summed E-state index contributed by atoms with van der Waals surface area (Å²) in [6.07, 6.45) is 4.06. The van der Waals surface area contributed by atoms with Crippen LogP contribution in [0.4, 0.5) is 0 Å². The lowest BCUT2D eigenvalue weighted by Gasteiger charge is -2.23. The standard InChI is InChI=1S/C13H23N3O3/c1-14-13(18)11-5-2-6-16(11)12(17)9-15-8-10-4-3-7-19-10/h10-11,15H,2-9H2,1H3,(H,14,18)/t10-,11-/m0/s1. The Kier molecular flexibility index (Phi) is 5.15. The predicted octanol–water partition coefficient (Wildman–Crippen LogP) is -0.508. The van der Waals surface area contributed by atoms with E-state index in [1.165, 1.54) is 0 Å². The Morgan fingerprint density at radius 2 is 2.16 bits per heavy atom. The first-order valence-electron chi connectivity index (χ1n) is 7.05. The average molecular weight is 269 g/mol. The summed E-state index contributed by atoms with van der Waals surface area (Å²) < 4.78 is 5.49. The molecule has 0 saturated carbocycles. The molecule has 108 valence electrons. The van der Waals surface area contributed by atoms with Crippen molar-refractivity contribution in [1.82, 2.24) is 15.5 Å². The van der Waals surface area contributed by atoms with Crippen LogP contribution in [0.3, 0.4) is 0 Å². The molecule has 2 amide bonds. The number of carbonyl (C=O) groups is 2. The molecule has 19 heavy (non-hydrogen) atoms. The largest absolute Gasteiger partial charge is 0.377 e. The van der Waals surface area contributed by atoms with E-state index in [9.17, 15) is 9.59 Å². The monoisotopic (exact) mass is 269 g/mol. The van der Waals surface area contributed by atoms with Crippen LogP contribution in [0.5, 0.6) is 0 Å². The topological polar surface area (TPSA) is 70.7 Å². The molecule has 0 aliphatic carbocycles. The van der Waals surface area contributed by atoms with Gasteiger partial charge in [-0.3, -0.25) is 9.59 Å². The predicted molar refractivity (Wildman–Crippen MR) is 70.6 cm³/mol. The molecule has 0 aromatic carbocycles. The Morgan fingerprint density at radius 1 is 1.32 bits per heavy atom. The number of hydrogen-bond donors (Lipinski definition) is 2. The molecule has 2 aliphatic rings. The third-order valence-corrected chi connectivity index (χ3v) is 3.79. The molecule has 2 atom stereocenters. The maximum atomic E-state index is 12.1. The van der Waals surface area contributed by atoms with Gasteiger partial charge in [0, 0.05) is 26.7 Å². The highest BCUT2D eigenvalue weighted by Gasteiger charge is 2.33. The minimum atomic E-state index is -0.290. The summed E-state index contributed by atoms with van der Waals surface area (Å²) in [7, 11) is 1.61. The second-order valence-electron chi connectivity index (χ2n) is 5.13. The molecule has 6 nitrogen and oxygen atoms in total. The van der Waals surface area contributed by atoms with Gasteiger partial charge in [0.15, 0.2) is 0 Å². The van der Waals surface area contributed by atoms with Gasteiger partial charge in [0.25, 0.3) is 0 Å². The Labute approximate surface area is 113 Å². The first kappa shape index (κ1) is 14.3. The number of hydrogen-bond acceptors (Lipinski definition) is 4. The van der Waals surface area contributed by atoms with E-state index in [1.807, 2.05) is 0 Å². The van der Waals surface area contributed by atoms with Gasteiger partial charge in [-0.1, -0.05) is 0 Å². The third kappa shape index (κ3) is 3.67. The number of nitrogens with one attached hydrogen (secondary N) is 2. The minimum absolute atomic E-state index is 0.00379. The molecule has 0 aromatic rings. The van der Waals surface area contributed by atoms with Crippen molar-refractivity contribution in [3.05, 3.63) is 0 Å². The molecule has 0 bridgehead atoms. The van der Waals surface area contributed by atoms with Gasteiger partial charge in [0.1, 0.15) is 6.04 Å². The van der Waals surface area contributed by atoms with Crippen molar-refractivity contribution in [2.75, 3.05) is 33.3 Å². The van der Waals surface area contributed by atoms with Crippen LogP contribution in [-0.4, -0.2) is 62.1 Å². The van der Waals surface area contributed by atoms with Gasteiger partial charge < -0.3 is 20.3 Å². The molecular formula is C13H23N3O3. The lowest BCUT2D eigenvalue weighted by Crippen LogP contribution is -2.48. The van der Waals surface area contributed by atoms with Gasteiger partial charge in [0.2, 0.25) is 11.8 Å². The van der Waals surface area contributed by atoms with E-state index < -0.39 is 0 Å². The fraction of sp³-hybridized carbons (Fsp3) is 0.846. The lowest BCUT2D eigenvalue weighted by atomic mass is 10.2. The summed E-state index contributed by atoms with van der Waals surface area (Å²) in [5.74, 6) is -0.0610. The molecule has 0 radical (unpaired) electrons. The summed E-state index contributed by atoms with van der Waals surface area (Å²) in [5.41, 5.74) is 0. The second kappa shape index (κ2) is 6.86. The molecule has 0 spiro atoms. The normalized spacial score (nSPS) is 26.7. The van der Waals surface area contributed by atoms with Crippen LogP contribution in [0.1, 0.15) is 25.7 Å². The zero-order valence-electron chi connectivity index (χ0n) is 11.5. The van der Waals surface area contributed by atoms with Crippen molar-refractivity contribution in [2.24, 2.45) is 0 Å². The summed E-state index contributed by atoms with van der Waals surface area (Å²) in [6.45, 7) is 2.50. The molecular weight excluding hydrogens is 246 g/mol. The summed E-state index contributed by atoms with van der Waals surface area (Å²) in [4.78, 5) is 25.4. The highest BCUT2D eigenvalue weighted by atomic mass is 16.5. The van der Waals surface area contributed by atoms with Crippen LogP contribution >= 0.6 is 0 Å².